The number of aromatic nitrogens is 1. The molecule has 0 bridgehead atoms. The van der Waals surface area contributed by atoms with E-state index in [9.17, 15) is 4.79 Å². The molecule has 0 saturated heterocycles. The Morgan fingerprint density at radius 1 is 1.15 bits per heavy atom. The lowest BCUT2D eigenvalue weighted by molar-refractivity contribution is 0.0940. The predicted octanol–water partition coefficient (Wildman–Crippen LogP) is 4.53. The molecule has 3 nitrogen and oxygen atoms in total. The van der Waals surface area contributed by atoms with Gasteiger partial charge in [-0.1, -0.05) is 40.9 Å². The van der Waals surface area contributed by atoms with Crippen molar-refractivity contribution in [3.05, 3.63) is 62.9 Å². The summed E-state index contributed by atoms with van der Waals surface area (Å²) in [4.78, 5) is 16.0. The second kappa shape index (κ2) is 6.44. The largest absolute Gasteiger partial charge is 0.345 e. The van der Waals surface area contributed by atoms with Crippen LogP contribution < -0.4 is 5.32 Å². The molecule has 1 heterocycles. The molecular formula is C14H11Cl3N2O. The summed E-state index contributed by atoms with van der Waals surface area (Å²) in [5.74, 6) is -0.268. The van der Waals surface area contributed by atoms with Gasteiger partial charge in [-0.05, 0) is 30.7 Å². The zero-order valence-corrected chi connectivity index (χ0v) is 12.8. The Morgan fingerprint density at radius 3 is 2.55 bits per heavy atom. The van der Waals surface area contributed by atoms with Gasteiger partial charge in [-0.2, -0.15) is 0 Å². The van der Waals surface area contributed by atoms with E-state index in [0.717, 1.165) is 5.56 Å². The normalized spacial score (nSPS) is 12.0. The van der Waals surface area contributed by atoms with E-state index < -0.39 is 0 Å². The van der Waals surface area contributed by atoms with Crippen LogP contribution in [0, 0.1) is 0 Å². The second-order valence-electron chi connectivity index (χ2n) is 4.22. The fourth-order valence-corrected chi connectivity index (χ4v) is 2.21. The van der Waals surface area contributed by atoms with Crippen LogP contribution in [0.1, 0.15) is 28.9 Å². The van der Waals surface area contributed by atoms with E-state index in [1.807, 2.05) is 13.0 Å². The number of carbonyl (C=O) groups excluding carboxylic acids is 1. The summed E-state index contributed by atoms with van der Waals surface area (Å²) in [6, 6.07) is 6.58. The molecule has 104 valence electrons. The Bertz CT molecular complexity index is 646. The van der Waals surface area contributed by atoms with Crippen molar-refractivity contribution in [1.29, 1.82) is 0 Å². The highest BCUT2D eigenvalue weighted by Gasteiger charge is 2.14. The van der Waals surface area contributed by atoms with Gasteiger partial charge in [0.2, 0.25) is 0 Å². The van der Waals surface area contributed by atoms with Gasteiger partial charge in [0.25, 0.3) is 5.91 Å². The molecule has 0 aliphatic carbocycles. The molecule has 1 aromatic carbocycles. The van der Waals surface area contributed by atoms with Gasteiger partial charge in [0.15, 0.2) is 0 Å². The number of pyridine rings is 1. The molecule has 1 aromatic heterocycles. The first-order chi connectivity index (χ1) is 9.49. The molecule has 0 saturated carbocycles. The zero-order chi connectivity index (χ0) is 14.7. The average Bonchev–Trinajstić information content (AvgIpc) is 2.42. The Balaban J connectivity index is 2.15. The first-order valence-electron chi connectivity index (χ1n) is 5.84. The van der Waals surface area contributed by atoms with E-state index in [1.165, 1.54) is 12.4 Å². The molecule has 0 aliphatic heterocycles. The van der Waals surface area contributed by atoms with Crippen molar-refractivity contribution in [3.8, 4) is 0 Å². The fraction of sp³-hybridized carbons (Fsp3) is 0.143. The first-order valence-corrected chi connectivity index (χ1v) is 6.97. The summed E-state index contributed by atoms with van der Waals surface area (Å²) in [5, 5.41) is 4.09. The van der Waals surface area contributed by atoms with Gasteiger partial charge in [0.05, 0.1) is 26.7 Å². The minimum absolute atomic E-state index is 0.221. The van der Waals surface area contributed by atoms with Crippen molar-refractivity contribution in [3.63, 3.8) is 0 Å². The summed E-state index contributed by atoms with van der Waals surface area (Å²) < 4.78 is 0. The molecule has 0 radical (unpaired) electrons. The topological polar surface area (TPSA) is 42.0 Å². The number of hydrogen-bond donors (Lipinski definition) is 1. The monoisotopic (exact) mass is 328 g/mol. The van der Waals surface area contributed by atoms with Gasteiger partial charge < -0.3 is 5.32 Å². The van der Waals surface area contributed by atoms with Gasteiger partial charge >= 0.3 is 0 Å². The highest BCUT2D eigenvalue weighted by molar-refractivity contribution is 6.42. The van der Waals surface area contributed by atoms with Crippen LogP contribution in [0.4, 0.5) is 0 Å². The van der Waals surface area contributed by atoms with Crippen molar-refractivity contribution >= 4 is 40.7 Å². The molecule has 0 fully saturated rings. The third kappa shape index (κ3) is 3.42. The zero-order valence-electron chi connectivity index (χ0n) is 10.5. The van der Waals surface area contributed by atoms with Crippen LogP contribution in [-0.2, 0) is 0 Å². The summed E-state index contributed by atoms with van der Waals surface area (Å²) in [5.41, 5.74) is 1.24. The Kier molecular flexibility index (Phi) is 4.86. The summed E-state index contributed by atoms with van der Waals surface area (Å²) in [6.07, 6.45) is 2.95. The lowest BCUT2D eigenvalue weighted by Gasteiger charge is -2.15. The van der Waals surface area contributed by atoms with Crippen molar-refractivity contribution in [1.82, 2.24) is 10.3 Å². The molecule has 2 aromatic rings. The van der Waals surface area contributed by atoms with Crippen LogP contribution in [-0.4, -0.2) is 10.9 Å². The van der Waals surface area contributed by atoms with E-state index in [4.69, 9.17) is 34.8 Å². The molecule has 2 rings (SSSR count). The standard InChI is InChI=1S/C14H11Cl3N2O/c1-8(9-2-3-11(15)12(16)6-9)19-14(20)10-4-5-18-7-13(10)17/h2-8H,1H3,(H,19,20). The van der Waals surface area contributed by atoms with Crippen LogP contribution >= 0.6 is 34.8 Å². The number of rotatable bonds is 3. The van der Waals surface area contributed by atoms with Crippen molar-refractivity contribution < 1.29 is 4.79 Å². The van der Waals surface area contributed by atoms with Crippen LogP contribution in [0.2, 0.25) is 15.1 Å². The van der Waals surface area contributed by atoms with Crippen LogP contribution in [0.25, 0.3) is 0 Å². The number of halogens is 3. The fourth-order valence-electron chi connectivity index (χ4n) is 1.70. The minimum atomic E-state index is -0.268. The SMILES string of the molecule is CC(NC(=O)c1ccncc1Cl)c1ccc(Cl)c(Cl)c1. The third-order valence-corrected chi connectivity index (χ3v) is 3.85. The smallest absolute Gasteiger partial charge is 0.253 e. The van der Waals surface area contributed by atoms with E-state index in [0.29, 0.717) is 20.6 Å². The highest BCUT2D eigenvalue weighted by atomic mass is 35.5. The minimum Gasteiger partial charge on any atom is -0.345 e. The van der Waals surface area contributed by atoms with Crippen LogP contribution in [0.5, 0.6) is 0 Å². The maximum atomic E-state index is 12.1. The van der Waals surface area contributed by atoms with E-state index in [1.54, 1.807) is 18.2 Å². The summed E-state index contributed by atoms with van der Waals surface area (Å²) >= 11 is 17.8. The molecule has 1 amide bonds. The highest BCUT2D eigenvalue weighted by Crippen LogP contribution is 2.26. The Hall–Kier alpha value is -1.29. The van der Waals surface area contributed by atoms with E-state index in [-0.39, 0.29) is 11.9 Å². The van der Waals surface area contributed by atoms with Crippen molar-refractivity contribution in [2.75, 3.05) is 0 Å². The number of hydrogen-bond acceptors (Lipinski definition) is 2. The van der Waals surface area contributed by atoms with E-state index >= 15 is 0 Å². The van der Waals surface area contributed by atoms with Crippen LogP contribution in [0.15, 0.2) is 36.7 Å². The maximum Gasteiger partial charge on any atom is 0.253 e. The number of nitrogens with zero attached hydrogens (tertiary/aromatic N) is 1. The molecule has 1 unspecified atom stereocenters. The molecular weight excluding hydrogens is 319 g/mol. The number of amides is 1. The van der Waals surface area contributed by atoms with Crippen LogP contribution in [0.3, 0.4) is 0 Å². The number of carbonyl (C=O) groups is 1. The van der Waals surface area contributed by atoms with Crippen molar-refractivity contribution in [2.24, 2.45) is 0 Å². The number of benzene rings is 1. The maximum absolute atomic E-state index is 12.1. The molecule has 1 N–H and O–H groups in total. The quantitative estimate of drug-likeness (QED) is 0.898. The molecule has 6 heteroatoms. The lowest BCUT2D eigenvalue weighted by Crippen LogP contribution is -2.26. The number of nitrogens with one attached hydrogen (secondary N) is 1. The van der Waals surface area contributed by atoms with Gasteiger partial charge in [-0.15, -0.1) is 0 Å². The Labute approximate surface area is 131 Å². The first kappa shape index (κ1) is 15.1. The van der Waals surface area contributed by atoms with Gasteiger partial charge in [0.1, 0.15) is 0 Å². The summed E-state index contributed by atoms with van der Waals surface area (Å²) in [6.45, 7) is 1.85. The molecule has 0 spiro atoms. The molecule has 0 aliphatic rings. The van der Waals surface area contributed by atoms with Gasteiger partial charge in [0, 0.05) is 12.4 Å². The van der Waals surface area contributed by atoms with Crippen molar-refractivity contribution in [2.45, 2.75) is 13.0 Å². The lowest BCUT2D eigenvalue weighted by atomic mass is 10.1. The Morgan fingerprint density at radius 2 is 1.90 bits per heavy atom. The second-order valence-corrected chi connectivity index (χ2v) is 5.45. The predicted molar refractivity (Wildman–Crippen MR) is 81.6 cm³/mol. The third-order valence-electron chi connectivity index (χ3n) is 2.81. The molecule has 20 heavy (non-hydrogen) atoms. The summed E-state index contributed by atoms with van der Waals surface area (Å²) in [7, 11) is 0. The molecule has 1 atom stereocenters. The van der Waals surface area contributed by atoms with Gasteiger partial charge in [-0.25, -0.2) is 0 Å². The van der Waals surface area contributed by atoms with E-state index in [2.05, 4.69) is 10.3 Å². The van der Waals surface area contributed by atoms with Gasteiger partial charge in [-0.3, -0.25) is 9.78 Å². The average molecular weight is 330 g/mol.